The van der Waals surface area contributed by atoms with Gasteiger partial charge in [0.05, 0.1) is 6.61 Å². The summed E-state index contributed by atoms with van der Waals surface area (Å²) in [5.41, 5.74) is 7.08. The molecule has 0 fully saturated rings. The van der Waals surface area contributed by atoms with Crippen LogP contribution in [0.4, 0.5) is 8.78 Å². The second-order valence-corrected chi connectivity index (χ2v) is 6.17. The first kappa shape index (κ1) is 18.0. The maximum absolute atomic E-state index is 13.4. The van der Waals surface area contributed by atoms with Gasteiger partial charge in [-0.2, -0.15) is 0 Å². The molecule has 3 rings (SSSR count). The van der Waals surface area contributed by atoms with Crippen LogP contribution in [0.3, 0.4) is 0 Å². The number of fused-ring (bicyclic) bond motifs is 1. The zero-order valence-corrected chi connectivity index (χ0v) is 14.1. The molecule has 1 aliphatic rings. The number of nitrogens with two attached hydrogens (primary N) is 1. The summed E-state index contributed by atoms with van der Waals surface area (Å²) in [6.45, 7) is 1.49. The van der Waals surface area contributed by atoms with Crippen LogP contribution >= 0.6 is 0 Å². The molecule has 2 aromatic rings. The number of hydrogen-bond donors (Lipinski definition) is 1. The Bertz CT molecular complexity index is 856. The van der Waals surface area contributed by atoms with Crippen LogP contribution < -0.4 is 5.73 Å². The van der Waals surface area contributed by atoms with Crippen molar-refractivity contribution in [1.29, 1.82) is 0 Å². The van der Waals surface area contributed by atoms with Crippen LogP contribution in [0.2, 0.25) is 0 Å². The number of carbonyl (C=O) groups is 2. The van der Waals surface area contributed by atoms with E-state index in [1.54, 1.807) is 12.1 Å². The standard InChI is InChI=1S/C19H18F2N2O3/c1-11(18(22)24)23-17(9-13-4-2-3-5-14(13)19(23)25)26-10-12-6-7-15(20)16(21)8-12/h2-8,11,17H,9-10H2,1H3,(H2,22,24)/t11-,17?/m1/s1. The molecule has 1 aliphatic heterocycles. The molecule has 2 N–H and O–H groups in total. The maximum atomic E-state index is 13.4. The third-order valence-corrected chi connectivity index (χ3v) is 4.44. The van der Waals surface area contributed by atoms with Crippen molar-refractivity contribution >= 4 is 11.8 Å². The number of ether oxygens (including phenoxy) is 1. The minimum Gasteiger partial charge on any atom is -0.368 e. The molecule has 5 nitrogen and oxygen atoms in total. The number of nitrogens with zero attached hydrogens (tertiary/aromatic N) is 1. The van der Waals surface area contributed by atoms with Crippen molar-refractivity contribution in [3.63, 3.8) is 0 Å². The lowest BCUT2D eigenvalue weighted by Gasteiger charge is -2.39. The van der Waals surface area contributed by atoms with Crippen LogP contribution in [0.5, 0.6) is 0 Å². The fourth-order valence-corrected chi connectivity index (χ4v) is 2.99. The smallest absolute Gasteiger partial charge is 0.256 e. The van der Waals surface area contributed by atoms with Gasteiger partial charge in [-0.25, -0.2) is 8.78 Å². The van der Waals surface area contributed by atoms with E-state index >= 15 is 0 Å². The molecule has 0 saturated heterocycles. The fourth-order valence-electron chi connectivity index (χ4n) is 2.99. The number of rotatable bonds is 5. The first-order valence-electron chi connectivity index (χ1n) is 8.14. The first-order chi connectivity index (χ1) is 12.4. The second kappa shape index (κ2) is 7.21. The van der Waals surface area contributed by atoms with E-state index in [1.807, 2.05) is 12.1 Å². The highest BCUT2D eigenvalue weighted by atomic mass is 19.2. The Morgan fingerprint density at radius 2 is 2.00 bits per heavy atom. The summed E-state index contributed by atoms with van der Waals surface area (Å²) in [5, 5.41) is 0. The van der Waals surface area contributed by atoms with E-state index in [4.69, 9.17) is 10.5 Å². The van der Waals surface area contributed by atoms with Gasteiger partial charge in [0.2, 0.25) is 5.91 Å². The molecule has 1 heterocycles. The predicted octanol–water partition coefficient (Wildman–Crippen LogP) is 2.38. The average Bonchev–Trinajstić information content (AvgIpc) is 2.62. The summed E-state index contributed by atoms with van der Waals surface area (Å²) in [4.78, 5) is 25.7. The largest absolute Gasteiger partial charge is 0.368 e. The normalized spacial score (nSPS) is 17.7. The lowest BCUT2D eigenvalue weighted by molar-refractivity contribution is -0.129. The third kappa shape index (κ3) is 3.43. The predicted molar refractivity (Wildman–Crippen MR) is 89.9 cm³/mol. The molecule has 0 aromatic heterocycles. The highest BCUT2D eigenvalue weighted by Gasteiger charge is 2.37. The van der Waals surface area contributed by atoms with Crippen molar-refractivity contribution in [2.45, 2.75) is 32.2 Å². The Balaban J connectivity index is 1.86. The molecule has 1 unspecified atom stereocenters. The number of carbonyl (C=O) groups excluding carboxylic acids is 2. The van der Waals surface area contributed by atoms with Crippen molar-refractivity contribution < 1.29 is 23.1 Å². The van der Waals surface area contributed by atoms with Gasteiger partial charge >= 0.3 is 0 Å². The zero-order chi connectivity index (χ0) is 18.8. The van der Waals surface area contributed by atoms with Gasteiger partial charge in [0.15, 0.2) is 11.6 Å². The Morgan fingerprint density at radius 3 is 2.69 bits per heavy atom. The molecule has 0 bridgehead atoms. The summed E-state index contributed by atoms with van der Waals surface area (Å²) in [6, 6.07) is 9.63. The number of hydrogen-bond acceptors (Lipinski definition) is 3. The van der Waals surface area contributed by atoms with Gasteiger partial charge < -0.3 is 15.4 Å². The molecule has 2 amide bonds. The van der Waals surface area contributed by atoms with Gasteiger partial charge in [-0.3, -0.25) is 9.59 Å². The van der Waals surface area contributed by atoms with Gasteiger partial charge in [-0.15, -0.1) is 0 Å². The van der Waals surface area contributed by atoms with Crippen LogP contribution in [0.1, 0.15) is 28.4 Å². The topological polar surface area (TPSA) is 72.6 Å². The van der Waals surface area contributed by atoms with Gasteiger partial charge in [0, 0.05) is 12.0 Å². The SMILES string of the molecule is C[C@H](C(N)=O)N1C(=O)c2ccccc2CC1OCc1ccc(F)c(F)c1. The molecule has 26 heavy (non-hydrogen) atoms. The summed E-state index contributed by atoms with van der Waals surface area (Å²) < 4.78 is 32.2. The monoisotopic (exact) mass is 360 g/mol. The van der Waals surface area contributed by atoms with Crippen LogP contribution in [0.15, 0.2) is 42.5 Å². The number of primary amides is 1. The molecule has 0 radical (unpaired) electrons. The quantitative estimate of drug-likeness (QED) is 0.890. The van der Waals surface area contributed by atoms with E-state index in [2.05, 4.69) is 0 Å². The van der Waals surface area contributed by atoms with Crippen molar-refractivity contribution in [3.8, 4) is 0 Å². The van der Waals surface area contributed by atoms with Crippen LogP contribution in [0.25, 0.3) is 0 Å². The van der Waals surface area contributed by atoms with E-state index in [9.17, 15) is 18.4 Å². The molecule has 7 heteroatoms. The highest BCUT2D eigenvalue weighted by Crippen LogP contribution is 2.26. The highest BCUT2D eigenvalue weighted by molar-refractivity contribution is 5.99. The van der Waals surface area contributed by atoms with E-state index in [0.717, 1.165) is 17.7 Å². The van der Waals surface area contributed by atoms with Crippen molar-refractivity contribution in [2.75, 3.05) is 0 Å². The number of amides is 2. The van der Waals surface area contributed by atoms with Gasteiger partial charge in [-0.1, -0.05) is 24.3 Å². The molecular formula is C19H18F2N2O3. The summed E-state index contributed by atoms with van der Waals surface area (Å²) in [7, 11) is 0. The molecule has 2 aromatic carbocycles. The van der Waals surface area contributed by atoms with Crippen molar-refractivity contribution in [2.24, 2.45) is 5.73 Å². The lowest BCUT2D eigenvalue weighted by atomic mass is 9.96. The van der Waals surface area contributed by atoms with E-state index in [0.29, 0.717) is 17.5 Å². The van der Waals surface area contributed by atoms with Gasteiger partial charge in [0.1, 0.15) is 12.3 Å². The third-order valence-electron chi connectivity index (χ3n) is 4.44. The van der Waals surface area contributed by atoms with Crippen LogP contribution in [-0.2, 0) is 22.6 Å². The summed E-state index contributed by atoms with van der Waals surface area (Å²) in [5.74, 6) is -2.93. The first-order valence-corrected chi connectivity index (χ1v) is 8.14. The molecule has 0 spiro atoms. The van der Waals surface area contributed by atoms with Gasteiger partial charge in [0.25, 0.3) is 5.91 Å². The summed E-state index contributed by atoms with van der Waals surface area (Å²) >= 11 is 0. The molecular weight excluding hydrogens is 342 g/mol. The van der Waals surface area contributed by atoms with Crippen LogP contribution in [-0.4, -0.2) is 29.0 Å². The Hall–Kier alpha value is -2.80. The van der Waals surface area contributed by atoms with E-state index < -0.39 is 29.8 Å². The summed E-state index contributed by atoms with van der Waals surface area (Å²) in [6.07, 6.45) is -0.378. The molecule has 2 atom stereocenters. The minimum absolute atomic E-state index is 0.0424. The average molecular weight is 360 g/mol. The Morgan fingerprint density at radius 1 is 1.27 bits per heavy atom. The fraction of sp³-hybridized carbons (Fsp3) is 0.263. The van der Waals surface area contributed by atoms with Crippen molar-refractivity contribution in [3.05, 3.63) is 70.8 Å². The zero-order valence-electron chi connectivity index (χ0n) is 14.1. The van der Waals surface area contributed by atoms with Gasteiger partial charge in [-0.05, 0) is 36.2 Å². The maximum Gasteiger partial charge on any atom is 0.256 e. The second-order valence-electron chi connectivity index (χ2n) is 6.17. The Labute approximate surface area is 149 Å². The Kier molecular flexibility index (Phi) is 4.99. The molecule has 0 aliphatic carbocycles. The lowest BCUT2D eigenvalue weighted by Crippen LogP contribution is -2.55. The molecule has 0 saturated carbocycles. The van der Waals surface area contributed by atoms with E-state index in [1.165, 1.54) is 17.9 Å². The van der Waals surface area contributed by atoms with Crippen LogP contribution in [0, 0.1) is 11.6 Å². The van der Waals surface area contributed by atoms with E-state index in [-0.39, 0.29) is 12.5 Å². The van der Waals surface area contributed by atoms with Crippen molar-refractivity contribution in [1.82, 2.24) is 4.90 Å². The number of benzene rings is 2. The minimum atomic E-state index is -0.974. The number of halogens is 2. The molecule has 136 valence electrons.